The molecule has 0 radical (unpaired) electrons. The van der Waals surface area contributed by atoms with Crippen LogP contribution in [0, 0.1) is 5.92 Å². The zero-order valence-electron chi connectivity index (χ0n) is 12.6. The van der Waals surface area contributed by atoms with Crippen molar-refractivity contribution in [3.8, 4) is 0 Å². The van der Waals surface area contributed by atoms with Gasteiger partial charge in [-0.1, -0.05) is 37.3 Å². The first-order chi connectivity index (χ1) is 10.2. The van der Waals surface area contributed by atoms with Crippen molar-refractivity contribution in [1.29, 1.82) is 0 Å². The highest BCUT2D eigenvalue weighted by atomic mass is 16.5. The number of hydrogen-bond acceptors (Lipinski definition) is 4. The number of esters is 1. The van der Waals surface area contributed by atoms with Crippen LogP contribution >= 0.6 is 0 Å². The summed E-state index contributed by atoms with van der Waals surface area (Å²) in [5.41, 5.74) is 0.678. The lowest BCUT2D eigenvalue weighted by molar-refractivity contribution is -0.146. The molecule has 0 spiro atoms. The van der Waals surface area contributed by atoms with Gasteiger partial charge in [-0.25, -0.2) is 0 Å². The molecule has 1 aliphatic rings. The number of carbonyl (C=O) groups excluding carboxylic acids is 2. The quantitative estimate of drug-likeness (QED) is 0.597. The van der Waals surface area contributed by atoms with Gasteiger partial charge in [0.05, 0.1) is 31.2 Å². The van der Waals surface area contributed by atoms with E-state index in [1.807, 2.05) is 37.3 Å². The molecule has 1 aliphatic heterocycles. The standard InChI is InChI=1S/C17H22O4/c1-3-13-10-14(15(21-13)11-16(18)20-4-2)17(19)12-8-6-5-7-9-12/h5-9,13-15H,3-4,10-11H2,1-2H3/t13-,14-,15+/m1/s1. The second kappa shape index (κ2) is 7.36. The van der Waals surface area contributed by atoms with Gasteiger partial charge in [0, 0.05) is 5.56 Å². The number of hydrogen-bond donors (Lipinski definition) is 0. The molecule has 0 unspecified atom stereocenters. The lowest BCUT2D eigenvalue weighted by Gasteiger charge is -2.16. The number of benzene rings is 1. The van der Waals surface area contributed by atoms with Crippen LogP contribution in [0.1, 0.15) is 43.5 Å². The van der Waals surface area contributed by atoms with Gasteiger partial charge in [-0.15, -0.1) is 0 Å². The van der Waals surface area contributed by atoms with Crippen LogP contribution < -0.4 is 0 Å². The Labute approximate surface area is 125 Å². The third-order valence-corrected chi connectivity index (χ3v) is 3.86. The SMILES string of the molecule is CCOC(=O)C[C@@H]1O[C@H](CC)C[C@H]1C(=O)c1ccccc1. The summed E-state index contributed by atoms with van der Waals surface area (Å²) in [6.45, 7) is 4.15. The highest BCUT2D eigenvalue weighted by Gasteiger charge is 2.40. The fourth-order valence-electron chi connectivity index (χ4n) is 2.76. The zero-order valence-corrected chi connectivity index (χ0v) is 12.6. The Bertz CT molecular complexity index is 483. The minimum Gasteiger partial charge on any atom is -0.466 e. The van der Waals surface area contributed by atoms with Crippen molar-refractivity contribution in [2.45, 2.75) is 45.3 Å². The van der Waals surface area contributed by atoms with E-state index in [0.717, 1.165) is 6.42 Å². The van der Waals surface area contributed by atoms with Crippen LogP contribution in [-0.2, 0) is 14.3 Å². The molecule has 0 N–H and O–H groups in total. The fraction of sp³-hybridized carbons (Fsp3) is 0.529. The van der Waals surface area contributed by atoms with E-state index < -0.39 is 0 Å². The summed E-state index contributed by atoms with van der Waals surface area (Å²) in [6, 6.07) is 9.19. The average Bonchev–Trinajstić information content (AvgIpc) is 2.90. The summed E-state index contributed by atoms with van der Waals surface area (Å²) in [6.07, 6.45) is 1.34. The molecule has 1 saturated heterocycles. The normalized spacial score (nSPS) is 24.8. The van der Waals surface area contributed by atoms with E-state index in [9.17, 15) is 9.59 Å². The van der Waals surface area contributed by atoms with E-state index >= 15 is 0 Å². The van der Waals surface area contributed by atoms with E-state index in [1.54, 1.807) is 6.92 Å². The Balaban J connectivity index is 2.10. The highest BCUT2D eigenvalue weighted by molar-refractivity contribution is 5.98. The van der Waals surface area contributed by atoms with Crippen molar-refractivity contribution in [3.05, 3.63) is 35.9 Å². The van der Waals surface area contributed by atoms with E-state index in [1.165, 1.54) is 0 Å². The maximum Gasteiger partial charge on any atom is 0.308 e. The minimum absolute atomic E-state index is 0.0436. The highest BCUT2D eigenvalue weighted by Crippen LogP contribution is 2.33. The Morgan fingerprint density at radius 1 is 1.24 bits per heavy atom. The maximum atomic E-state index is 12.6. The van der Waals surface area contributed by atoms with Gasteiger partial charge in [-0.2, -0.15) is 0 Å². The number of Topliss-reactive ketones (excluding diaryl/α,β-unsaturated/α-hetero) is 1. The molecular formula is C17H22O4. The molecule has 1 aromatic carbocycles. The molecule has 1 fully saturated rings. The first-order valence-corrected chi connectivity index (χ1v) is 7.56. The van der Waals surface area contributed by atoms with E-state index in [-0.39, 0.29) is 36.3 Å². The van der Waals surface area contributed by atoms with Gasteiger partial charge in [-0.3, -0.25) is 9.59 Å². The molecule has 0 aromatic heterocycles. The Morgan fingerprint density at radius 2 is 1.95 bits per heavy atom. The lowest BCUT2D eigenvalue weighted by atomic mass is 9.88. The van der Waals surface area contributed by atoms with Crippen molar-refractivity contribution in [2.75, 3.05) is 6.61 Å². The number of ether oxygens (including phenoxy) is 2. The molecule has 1 heterocycles. The van der Waals surface area contributed by atoms with E-state index in [2.05, 4.69) is 0 Å². The van der Waals surface area contributed by atoms with Crippen LogP contribution in [0.5, 0.6) is 0 Å². The van der Waals surface area contributed by atoms with Crippen LogP contribution in [0.2, 0.25) is 0 Å². The van der Waals surface area contributed by atoms with Crippen LogP contribution in [0.4, 0.5) is 0 Å². The van der Waals surface area contributed by atoms with Gasteiger partial charge >= 0.3 is 5.97 Å². The lowest BCUT2D eigenvalue weighted by Crippen LogP contribution is -2.27. The van der Waals surface area contributed by atoms with Crippen LogP contribution in [-0.4, -0.2) is 30.6 Å². The van der Waals surface area contributed by atoms with Crippen molar-refractivity contribution < 1.29 is 19.1 Å². The van der Waals surface area contributed by atoms with Gasteiger partial charge in [0.1, 0.15) is 0 Å². The van der Waals surface area contributed by atoms with Gasteiger partial charge < -0.3 is 9.47 Å². The Morgan fingerprint density at radius 3 is 2.57 bits per heavy atom. The summed E-state index contributed by atoms with van der Waals surface area (Å²) in [4.78, 5) is 24.3. The first kappa shape index (κ1) is 15.7. The smallest absolute Gasteiger partial charge is 0.308 e. The summed E-state index contributed by atoms with van der Waals surface area (Å²) >= 11 is 0. The van der Waals surface area contributed by atoms with Crippen LogP contribution in [0.3, 0.4) is 0 Å². The largest absolute Gasteiger partial charge is 0.466 e. The van der Waals surface area contributed by atoms with Crippen LogP contribution in [0.15, 0.2) is 30.3 Å². The maximum absolute atomic E-state index is 12.6. The molecule has 114 valence electrons. The molecule has 0 aliphatic carbocycles. The van der Waals surface area contributed by atoms with E-state index in [4.69, 9.17) is 9.47 Å². The minimum atomic E-state index is -0.373. The number of rotatable bonds is 6. The predicted molar refractivity (Wildman–Crippen MR) is 79.1 cm³/mol. The fourth-order valence-corrected chi connectivity index (χ4v) is 2.76. The molecule has 0 amide bonds. The summed E-state index contributed by atoms with van der Waals surface area (Å²) in [5.74, 6) is -0.507. The van der Waals surface area contributed by atoms with Gasteiger partial charge in [0.2, 0.25) is 0 Å². The molecular weight excluding hydrogens is 268 g/mol. The first-order valence-electron chi connectivity index (χ1n) is 7.56. The summed E-state index contributed by atoms with van der Waals surface area (Å²) < 4.78 is 10.8. The van der Waals surface area contributed by atoms with Crippen LogP contribution in [0.25, 0.3) is 0 Å². The summed E-state index contributed by atoms with van der Waals surface area (Å²) in [7, 11) is 0. The number of carbonyl (C=O) groups is 2. The van der Waals surface area contributed by atoms with Crippen molar-refractivity contribution >= 4 is 11.8 Å². The molecule has 21 heavy (non-hydrogen) atoms. The third kappa shape index (κ3) is 3.91. The molecule has 0 bridgehead atoms. The molecule has 0 saturated carbocycles. The average molecular weight is 290 g/mol. The van der Waals surface area contributed by atoms with Gasteiger partial charge in [-0.05, 0) is 19.8 Å². The second-order valence-electron chi connectivity index (χ2n) is 5.29. The second-order valence-corrected chi connectivity index (χ2v) is 5.29. The third-order valence-electron chi connectivity index (χ3n) is 3.86. The molecule has 4 heteroatoms. The topological polar surface area (TPSA) is 52.6 Å². The molecule has 3 atom stereocenters. The van der Waals surface area contributed by atoms with Gasteiger partial charge in [0.15, 0.2) is 5.78 Å². The predicted octanol–water partition coefficient (Wildman–Crippen LogP) is 3.01. The Kier molecular flexibility index (Phi) is 5.51. The molecule has 2 rings (SSSR count). The summed E-state index contributed by atoms with van der Waals surface area (Å²) in [5, 5.41) is 0. The monoisotopic (exact) mass is 290 g/mol. The van der Waals surface area contributed by atoms with Gasteiger partial charge in [0.25, 0.3) is 0 Å². The van der Waals surface area contributed by atoms with Crippen molar-refractivity contribution in [1.82, 2.24) is 0 Å². The zero-order chi connectivity index (χ0) is 15.2. The van der Waals surface area contributed by atoms with Crippen molar-refractivity contribution in [2.24, 2.45) is 5.92 Å². The van der Waals surface area contributed by atoms with E-state index in [0.29, 0.717) is 18.6 Å². The molecule has 1 aromatic rings. The molecule has 4 nitrogen and oxygen atoms in total. The van der Waals surface area contributed by atoms with Crippen molar-refractivity contribution in [3.63, 3.8) is 0 Å². The Hall–Kier alpha value is -1.68. The number of ketones is 1.